The Balaban J connectivity index is 2.19. The van der Waals surface area contributed by atoms with Gasteiger partial charge in [0.15, 0.2) is 0 Å². The Morgan fingerprint density at radius 2 is 1.75 bits per heavy atom. The minimum atomic E-state index is -0.454. The van der Waals surface area contributed by atoms with Gasteiger partial charge in [-0.1, -0.05) is 0 Å². The van der Waals surface area contributed by atoms with Crippen LogP contribution in [0, 0.1) is 11.6 Å². The Bertz CT molecular complexity index is 453. The molecule has 1 aliphatic carbocycles. The largest absolute Gasteiger partial charge is 0.364 e. The second-order valence-corrected chi connectivity index (χ2v) is 6.53. The molecule has 1 fully saturated rings. The van der Waals surface area contributed by atoms with E-state index in [9.17, 15) is 8.78 Å². The van der Waals surface area contributed by atoms with Gasteiger partial charge in [-0.25, -0.2) is 8.78 Å². The van der Waals surface area contributed by atoms with Gasteiger partial charge in [0.05, 0.1) is 0 Å². The monoisotopic (exact) mass is 282 g/mol. The van der Waals surface area contributed by atoms with E-state index in [0.717, 1.165) is 12.8 Å². The van der Waals surface area contributed by atoms with Crippen molar-refractivity contribution < 1.29 is 8.78 Å². The Morgan fingerprint density at radius 1 is 1.20 bits per heavy atom. The summed E-state index contributed by atoms with van der Waals surface area (Å²) in [6.07, 6.45) is 2.06. The first kappa shape index (κ1) is 15.2. The lowest BCUT2D eigenvalue weighted by atomic mass is 10.1. The van der Waals surface area contributed by atoms with Crippen molar-refractivity contribution in [3.8, 4) is 0 Å². The van der Waals surface area contributed by atoms with E-state index >= 15 is 0 Å². The molecule has 0 unspecified atom stereocenters. The van der Waals surface area contributed by atoms with E-state index in [2.05, 4.69) is 5.32 Å². The molecule has 0 radical (unpaired) electrons. The van der Waals surface area contributed by atoms with E-state index in [0.29, 0.717) is 24.7 Å². The van der Waals surface area contributed by atoms with Crippen LogP contribution < -0.4 is 10.2 Å². The number of hydrogen-bond acceptors (Lipinski definition) is 2. The normalized spacial score (nSPS) is 15.5. The van der Waals surface area contributed by atoms with Gasteiger partial charge < -0.3 is 10.2 Å². The summed E-state index contributed by atoms with van der Waals surface area (Å²) in [4.78, 5) is 1.84. The van der Waals surface area contributed by atoms with Gasteiger partial charge in [-0.15, -0.1) is 0 Å². The zero-order valence-corrected chi connectivity index (χ0v) is 12.8. The van der Waals surface area contributed by atoms with E-state index in [-0.39, 0.29) is 11.2 Å². The predicted octanol–water partition coefficient (Wildman–Crippen LogP) is 3.84. The van der Waals surface area contributed by atoms with Crippen molar-refractivity contribution in [3.63, 3.8) is 0 Å². The highest BCUT2D eigenvalue weighted by Gasteiger charge is 2.31. The van der Waals surface area contributed by atoms with Crippen LogP contribution >= 0.6 is 0 Å². The zero-order valence-electron chi connectivity index (χ0n) is 12.8. The molecule has 0 amide bonds. The van der Waals surface area contributed by atoms with Crippen molar-refractivity contribution >= 4 is 5.69 Å². The Morgan fingerprint density at radius 3 is 2.15 bits per heavy atom. The molecule has 0 aliphatic heterocycles. The smallest absolute Gasteiger partial charge is 0.149 e. The molecular formula is C16H24F2N2. The lowest BCUT2D eigenvalue weighted by Crippen LogP contribution is -2.35. The average molecular weight is 282 g/mol. The van der Waals surface area contributed by atoms with Crippen LogP contribution in [0.15, 0.2) is 12.1 Å². The minimum Gasteiger partial charge on any atom is -0.364 e. The van der Waals surface area contributed by atoms with Crippen LogP contribution in [0.1, 0.15) is 46.1 Å². The molecule has 1 aliphatic rings. The molecule has 1 aromatic rings. The van der Waals surface area contributed by atoms with Crippen LogP contribution in [-0.2, 0) is 6.54 Å². The highest BCUT2D eigenvalue weighted by atomic mass is 19.1. The average Bonchev–Trinajstić information content (AvgIpc) is 3.14. The van der Waals surface area contributed by atoms with Crippen molar-refractivity contribution in [1.29, 1.82) is 0 Å². The summed E-state index contributed by atoms with van der Waals surface area (Å²) in [6.45, 7) is 9.12. The highest BCUT2D eigenvalue weighted by Crippen LogP contribution is 2.35. The fourth-order valence-corrected chi connectivity index (χ4v) is 2.35. The van der Waals surface area contributed by atoms with Gasteiger partial charge in [-0.3, -0.25) is 0 Å². The molecule has 1 saturated carbocycles. The summed E-state index contributed by atoms with van der Waals surface area (Å²) in [5, 5.41) is 3.24. The van der Waals surface area contributed by atoms with Gasteiger partial charge >= 0.3 is 0 Å². The minimum absolute atomic E-state index is 0.0743. The van der Waals surface area contributed by atoms with Crippen LogP contribution in [0.25, 0.3) is 0 Å². The Hall–Kier alpha value is -1.16. The molecule has 2 rings (SSSR count). The molecule has 1 aromatic carbocycles. The number of nitrogens with one attached hydrogen (secondary N) is 1. The third kappa shape index (κ3) is 3.69. The van der Waals surface area contributed by atoms with Crippen LogP contribution in [-0.4, -0.2) is 18.1 Å². The molecule has 1 N–H and O–H groups in total. The Labute approximate surface area is 120 Å². The van der Waals surface area contributed by atoms with E-state index in [1.807, 2.05) is 32.6 Å². The quantitative estimate of drug-likeness (QED) is 0.882. The van der Waals surface area contributed by atoms with E-state index in [4.69, 9.17) is 0 Å². The van der Waals surface area contributed by atoms with Gasteiger partial charge in [0, 0.05) is 24.7 Å². The van der Waals surface area contributed by atoms with Crippen LogP contribution in [0.3, 0.4) is 0 Å². The number of nitrogens with zero attached hydrogens (tertiary/aromatic N) is 1. The predicted molar refractivity (Wildman–Crippen MR) is 79.0 cm³/mol. The van der Waals surface area contributed by atoms with Gasteiger partial charge in [0.25, 0.3) is 0 Å². The summed E-state index contributed by atoms with van der Waals surface area (Å²) >= 11 is 0. The van der Waals surface area contributed by atoms with Crippen molar-refractivity contribution in [1.82, 2.24) is 5.32 Å². The fraction of sp³-hybridized carbons (Fsp3) is 0.625. The summed E-state index contributed by atoms with van der Waals surface area (Å²) < 4.78 is 28.5. The first-order chi connectivity index (χ1) is 9.31. The maximum Gasteiger partial charge on any atom is 0.149 e. The number of benzene rings is 1. The number of rotatable bonds is 5. The maximum absolute atomic E-state index is 14.2. The first-order valence-electron chi connectivity index (χ1n) is 7.31. The lowest BCUT2D eigenvalue weighted by molar-refractivity contribution is 0.422. The second-order valence-electron chi connectivity index (χ2n) is 6.53. The zero-order chi connectivity index (χ0) is 14.9. The molecule has 0 saturated heterocycles. The van der Waals surface area contributed by atoms with Crippen molar-refractivity contribution in [2.45, 2.75) is 58.7 Å². The molecule has 2 nitrogen and oxygen atoms in total. The van der Waals surface area contributed by atoms with E-state index in [1.54, 1.807) is 0 Å². The molecule has 20 heavy (non-hydrogen) atoms. The summed E-state index contributed by atoms with van der Waals surface area (Å²) in [5.41, 5.74) is 0.703. The molecule has 0 bridgehead atoms. The van der Waals surface area contributed by atoms with E-state index in [1.165, 1.54) is 12.1 Å². The Kier molecular flexibility index (Phi) is 4.33. The van der Waals surface area contributed by atoms with Crippen LogP contribution in [0.4, 0.5) is 14.5 Å². The highest BCUT2D eigenvalue weighted by molar-refractivity contribution is 5.52. The van der Waals surface area contributed by atoms with Gasteiger partial charge in [-0.2, -0.15) is 0 Å². The van der Waals surface area contributed by atoms with Crippen LogP contribution in [0.2, 0.25) is 0 Å². The first-order valence-corrected chi connectivity index (χ1v) is 7.31. The summed E-state index contributed by atoms with van der Waals surface area (Å²) in [6, 6.07) is 3.20. The second kappa shape index (κ2) is 5.68. The number of halogens is 2. The molecule has 0 spiro atoms. The number of anilines is 1. The third-order valence-electron chi connectivity index (χ3n) is 3.52. The van der Waals surface area contributed by atoms with E-state index < -0.39 is 11.6 Å². The summed E-state index contributed by atoms with van der Waals surface area (Å²) in [5.74, 6) is -0.908. The van der Waals surface area contributed by atoms with Crippen LogP contribution in [0.5, 0.6) is 0 Å². The molecule has 112 valence electrons. The molecule has 0 atom stereocenters. The van der Waals surface area contributed by atoms with Crippen molar-refractivity contribution in [2.24, 2.45) is 0 Å². The number of hydrogen-bond donors (Lipinski definition) is 1. The van der Waals surface area contributed by atoms with Crippen molar-refractivity contribution in [3.05, 3.63) is 29.3 Å². The molecule has 0 heterocycles. The molecule has 0 aromatic heterocycles. The summed E-state index contributed by atoms with van der Waals surface area (Å²) in [7, 11) is 0. The standard InChI is InChI=1S/C16H24F2N2/c1-5-20(12-6-7-12)15-13(17)8-11(9-14(15)18)10-19-16(2,3)4/h8-9,12,19H,5-7,10H2,1-4H3. The van der Waals surface area contributed by atoms with Crippen molar-refractivity contribution in [2.75, 3.05) is 11.4 Å². The molecular weight excluding hydrogens is 258 g/mol. The maximum atomic E-state index is 14.2. The topological polar surface area (TPSA) is 15.3 Å². The van der Waals surface area contributed by atoms with Gasteiger partial charge in [0.1, 0.15) is 17.3 Å². The lowest BCUT2D eigenvalue weighted by Gasteiger charge is -2.25. The van der Waals surface area contributed by atoms with Gasteiger partial charge in [-0.05, 0) is 58.2 Å². The SMILES string of the molecule is CCN(c1c(F)cc(CNC(C)(C)C)cc1F)C1CC1. The fourth-order valence-electron chi connectivity index (χ4n) is 2.35. The van der Waals surface area contributed by atoms with Gasteiger partial charge in [0.2, 0.25) is 0 Å². The molecule has 4 heteroatoms. The third-order valence-corrected chi connectivity index (χ3v) is 3.52.